The van der Waals surface area contributed by atoms with Crippen molar-refractivity contribution < 1.29 is 23.5 Å². The van der Waals surface area contributed by atoms with Gasteiger partial charge in [0.1, 0.15) is 23.7 Å². The topological polar surface area (TPSA) is 111 Å². The summed E-state index contributed by atoms with van der Waals surface area (Å²) in [5.41, 5.74) is 6.75. The number of carbonyl (C=O) groups is 3. The molecule has 0 unspecified atom stereocenters. The fourth-order valence-corrected chi connectivity index (χ4v) is 2.85. The lowest BCUT2D eigenvalue weighted by molar-refractivity contribution is -0.130. The van der Waals surface area contributed by atoms with Crippen LogP contribution in [0, 0.1) is 5.82 Å². The van der Waals surface area contributed by atoms with E-state index in [1.165, 1.54) is 25.1 Å². The van der Waals surface area contributed by atoms with Crippen LogP contribution in [0.1, 0.15) is 18.1 Å². The molecule has 2 aromatic carbocycles. The molecule has 0 saturated heterocycles. The highest BCUT2D eigenvalue weighted by molar-refractivity contribution is 5.91. The quantitative estimate of drug-likeness (QED) is 0.584. The molecule has 0 radical (unpaired) electrons. The van der Waals surface area contributed by atoms with Crippen LogP contribution >= 0.6 is 0 Å². The summed E-state index contributed by atoms with van der Waals surface area (Å²) in [6.07, 6.45) is 0.245. The van der Waals surface area contributed by atoms with E-state index in [4.69, 9.17) is 10.5 Å². The highest BCUT2D eigenvalue weighted by atomic mass is 19.1. The Bertz CT molecular complexity index is 870. The van der Waals surface area contributed by atoms with Gasteiger partial charge in [-0.25, -0.2) is 4.39 Å². The van der Waals surface area contributed by atoms with E-state index in [0.717, 1.165) is 5.56 Å². The summed E-state index contributed by atoms with van der Waals surface area (Å²) in [5, 5.41) is 5.11. The normalized spacial score (nSPS) is 12.5. The molecule has 2 aromatic rings. The van der Waals surface area contributed by atoms with Gasteiger partial charge >= 0.3 is 0 Å². The minimum atomic E-state index is -0.980. The Morgan fingerprint density at radius 2 is 1.66 bits per heavy atom. The first kappa shape index (κ1) is 21.9. The van der Waals surface area contributed by atoms with Gasteiger partial charge in [-0.05, 0) is 35.4 Å². The summed E-state index contributed by atoms with van der Waals surface area (Å²) in [6, 6.07) is 10.8. The second kappa shape index (κ2) is 10.2. The van der Waals surface area contributed by atoms with Crippen LogP contribution < -0.4 is 21.1 Å². The second-order valence-corrected chi connectivity index (χ2v) is 6.60. The first-order valence-corrected chi connectivity index (χ1v) is 9.02. The zero-order valence-corrected chi connectivity index (χ0v) is 16.3. The highest BCUT2D eigenvalue weighted by Gasteiger charge is 2.25. The molecule has 7 nitrogen and oxygen atoms in total. The monoisotopic (exact) mass is 401 g/mol. The van der Waals surface area contributed by atoms with E-state index >= 15 is 0 Å². The van der Waals surface area contributed by atoms with Crippen molar-refractivity contribution in [1.29, 1.82) is 0 Å². The molecule has 0 saturated carbocycles. The molecular formula is C21H24FN3O4. The van der Waals surface area contributed by atoms with E-state index in [0.29, 0.717) is 11.3 Å². The maximum Gasteiger partial charge on any atom is 0.243 e. The van der Waals surface area contributed by atoms with Crippen LogP contribution in [0.2, 0.25) is 0 Å². The Hall–Kier alpha value is -3.42. The Labute approximate surface area is 168 Å². The lowest BCUT2D eigenvalue weighted by atomic mass is 10.0. The number of nitrogens with one attached hydrogen (secondary N) is 2. The van der Waals surface area contributed by atoms with Crippen molar-refractivity contribution in [2.24, 2.45) is 5.73 Å². The van der Waals surface area contributed by atoms with Crippen molar-refractivity contribution in [2.75, 3.05) is 7.11 Å². The minimum Gasteiger partial charge on any atom is -0.497 e. The Morgan fingerprint density at radius 1 is 1.00 bits per heavy atom. The average molecular weight is 401 g/mol. The predicted molar refractivity (Wildman–Crippen MR) is 106 cm³/mol. The number of nitrogens with two attached hydrogens (primary N) is 1. The van der Waals surface area contributed by atoms with Gasteiger partial charge in [-0.15, -0.1) is 0 Å². The zero-order chi connectivity index (χ0) is 21.4. The summed E-state index contributed by atoms with van der Waals surface area (Å²) in [4.78, 5) is 36.1. The van der Waals surface area contributed by atoms with Crippen LogP contribution in [0.5, 0.6) is 5.75 Å². The fourth-order valence-electron chi connectivity index (χ4n) is 2.85. The number of amides is 3. The van der Waals surface area contributed by atoms with Crippen molar-refractivity contribution in [3.8, 4) is 5.75 Å². The van der Waals surface area contributed by atoms with Crippen LogP contribution in [0.4, 0.5) is 4.39 Å². The average Bonchev–Trinajstić information content (AvgIpc) is 2.67. The number of halogens is 1. The maximum absolute atomic E-state index is 13.4. The number of hydrogen-bond acceptors (Lipinski definition) is 4. The number of hydrogen-bond donors (Lipinski definition) is 3. The Morgan fingerprint density at radius 3 is 2.21 bits per heavy atom. The van der Waals surface area contributed by atoms with E-state index in [9.17, 15) is 18.8 Å². The van der Waals surface area contributed by atoms with Crippen LogP contribution in [-0.2, 0) is 27.2 Å². The molecule has 8 heteroatoms. The van der Waals surface area contributed by atoms with Crippen LogP contribution in [0.3, 0.4) is 0 Å². The summed E-state index contributed by atoms with van der Waals surface area (Å²) in [5.74, 6) is -1.50. The summed E-state index contributed by atoms with van der Waals surface area (Å²) >= 11 is 0. The first-order valence-electron chi connectivity index (χ1n) is 9.02. The number of rotatable bonds is 9. The largest absolute Gasteiger partial charge is 0.497 e. The Balaban J connectivity index is 2.12. The number of carbonyl (C=O) groups excluding carboxylic acids is 3. The van der Waals surface area contributed by atoms with Crippen molar-refractivity contribution in [1.82, 2.24) is 10.6 Å². The van der Waals surface area contributed by atoms with Crippen molar-refractivity contribution in [3.63, 3.8) is 0 Å². The molecule has 0 spiro atoms. The molecule has 0 heterocycles. The van der Waals surface area contributed by atoms with Gasteiger partial charge in [0, 0.05) is 19.8 Å². The molecule has 29 heavy (non-hydrogen) atoms. The minimum absolute atomic E-state index is 0.0667. The molecule has 154 valence electrons. The summed E-state index contributed by atoms with van der Waals surface area (Å²) < 4.78 is 18.5. The van der Waals surface area contributed by atoms with E-state index in [2.05, 4.69) is 10.6 Å². The molecule has 2 atom stereocenters. The summed E-state index contributed by atoms with van der Waals surface area (Å²) in [7, 11) is 1.54. The van der Waals surface area contributed by atoms with Gasteiger partial charge in [0.05, 0.1) is 7.11 Å². The molecule has 0 bridgehead atoms. The molecule has 4 N–H and O–H groups in total. The van der Waals surface area contributed by atoms with E-state index < -0.39 is 35.6 Å². The molecule has 0 aromatic heterocycles. The Kier molecular flexibility index (Phi) is 7.70. The van der Waals surface area contributed by atoms with Gasteiger partial charge in [0.15, 0.2) is 0 Å². The van der Waals surface area contributed by atoms with Gasteiger partial charge in [-0.2, -0.15) is 0 Å². The lowest BCUT2D eigenvalue weighted by Gasteiger charge is -2.22. The third-order valence-corrected chi connectivity index (χ3v) is 4.28. The highest BCUT2D eigenvalue weighted by Crippen LogP contribution is 2.13. The van der Waals surface area contributed by atoms with Gasteiger partial charge in [0.2, 0.25) is 17.7 Å². The van der Waals surface area contributed by atoms with Gasteiger partial charge in [-0.3, -0.25) is 14.4 Å². The van der Waals surface area contributed by atoms with E-state index in [-0.39, 0.29) is 12.8 Å². The van der Waals surface area contributed by atoms with E-state index in [1.54, 1.807) is 37.4 Å². The summed E-state index contributed by atoms with van der Waals surface area (Å²) in [6.45, 7) is 1.27. The van der Waals surface area contributed by atoms with Crippen LogP contribution in [-0.4, -0.2) is 36.9 Å². The molecule has 2 rings (SSSR count). The second-order valence-electron chi connectivity index (χ2n) is 6.60. The van der Waals surface area contributed by atoms with Crippen molar-refractivity contribution in [2.45, 2.75) is 31.8 Å². The molecule has 0 fully saturated rings. The van der Waals surface area contributed by atoms with E-state index in [1.807, 2.05) is 0 Å². The third-order valence-electron chi connectivity index (χ3n) is 4.28. The third kappa shape index (κ3) is 6.91. The molecule has 0 aliphatic rings. The molecule has 0 aliphatic heterocycles. The first-order chi connectivity index (χ1) is 13.8. The predicted octanol–water partition coefficient (Wildman–Crippen LogP) is 1.09. The van der Waals surface area contributed by atoms with Crippen molar-refractivity contribution in [3.05, 3.63) is 65.5 Å². The molecule has 0 aliphatic carbocycles. The SMILES string of the molecule is COc1ccc(C[C@@H](NC(=O)[C@@H](Cc2cccc(F)c2)NC(C)=O)C(N)=O)cc1. The standard InChI is InChI=1S/C21H24FN3O4/c1-13(26)24-19(12-15-4-3-5-16(22)10-15)21(28)25-18(20(23)27)11-14-6-8-17(29-2)9-7-14/h3-10,18-19H,11-12H2,1-2H3,(H2,23,27)(H,24,26)(H,25,28)/t18-,19-/m1/s1. The lowest BCUT2D eigenvalue weighted by Crippen LogP contribution is -2.54. The smallest absolute Gasteiger partial charge is 0.243 e. The number of methoxy groups -OCH3 is 1. The molecular weight excluding hydrogens is 377 g/mol. The number of benzene rings is 2. The van der Waals surface area contributed by atoms with Crippen LogP contribution in [0.25, 0.3) is 0 Å². The van der Waals surface area contributed by atoms with Gasteiger partial charge in [-0.1, -0.05) is 24.3 Å². The maximum atomic E-state index is 13.4. The zero-order valence-electron chi connectivity index (χ0n) is 16.3. The number of primary amides is 1. The van der Waals surface area contributed by atoms with Crippen LogP contribution in [0.15, 0.2) is 48.5 Å². The number of ether oxygens (including phenoxy) is 1. The fraction of sp³-hybridized carbons (Fsp3) is 0.286. The molecule has 3 amide bonds. The van der Waals surface area contributed by atoms with Gasteiger partial charge in [0.25, 0.3) is 0 Å². The van der Waals surface area contributed by atoms with Crippen molar-refractivity contribution >= 4 is 17.7 Å². The van der Waals surface area contributed by atoms with Gasteiger partial charge < -0.3 is 21.1 Å².